The number of fused-ring (bicyclic) bond motifs is 2. The number of ether oxygens (including phenoxy) is 1. The second-order valence-corrected chi connectivity index (χ2v) is 7.53. The lowest BCUT2D eigenvalue weighted by Gasteiger charge is -2.46. The second kappa shape index (κ2) is 6.43. The number of rotatable bonds is 3. The van der Waals surface area contributed by atoms with Crippen molar-refractivity contribution in [3.63, 3.8) is 0 Å². The van der Waals surface area contributed by atoms with Crippen LogP contribution in [0.25, 0.3) is 0 Å². The number of hydrogen-bond donors (Lipinski definition) is 0. The molecule has 2 aromatic rings. The molecular weight excluding hydrogens is 328 g/mol. The summed E-state index contributed by atoms with van der Waals surface area (Å²) in [7, 11) is 3.54. The van der Waals surface area contributed by atoms with E-state index in [2.05, 4.69) is 21.7 Å². The maximum atomic E-state index is 12.5. The van der Waals surface area contributed by atoms with E-state index in [4.69, 9.17) is 9.84 Å². The minimum absolute atomic E-state index is 0.163. The summed E-state index contributed by atoms with van der Waals surface area (Å²) in [4.78, 5) is 16.7. The van der Waals surface area contributed by atoms with Gasteiger partial charge in [0, 0.05) is 32.7 Å². The quantitative estimate of drug-likeness (QED) is 0.850. The summed E-state index contributed by atoms with van der Waals surface area (Å²) >= 11 is 0. The van der Waals surface area contributed by atoms with E-state index < -0.39 is 0 Å². The van der Waals surface area contributed by atoms with Gasteiger partial charge in [-0.25, -0.2) is 4.68 Å². The Kier molecular flexibility index (Phi) is 4.23. The predicted octanol–water partition coefficient (Wildman–Crippen LogP) is 2.56. The summed E-state index contributed by atoms with van der Waals surface area (Å²) < 4.78 is 7.35. The molecule has 2 aliphatic rings. The molecule has 1 amide bonds. The van der Waals surface area contributed by atoms with Gasteiger partial charge in [-0.1, -0.05) is 12.1 Å². The molecule has 1 saturated heterocycles. The van der Waals surface area contributed by atoms with Crippen LogP contribution in [0, 0.1) is 6.92 Å². The maximum absolute atomic E-state index is 12.5. The van der Waals surface area contributed by atoms with Gasteiger partial charge in [0.1, 0.15) is 11.6 Å². The summed E-state index contributed by atoms with van der Waals surface area (Å²) in [6.45, 7) is 4.87. The van der Waals surface area contributed by atoms with E-state index in [-0.39, 0.29) is 11.4 Å². The Labute approximate surface area is 154 Å². The average molecular weight is 354 g/mol. The fourth-order valence-corrected chi connectivity index (χ4v) is 4.18. The molecule has 0 saturated carbocycles. The molecule has 6 heteroatoms. The second-order valence-electron chi connectivity index (χ2n) is 7.53. The van der Waals surface area contributed by atoms with Crippen molar-refractivity contribution in [1.29, 1.82) is 0 Å². The van der Waals surface area contributed by atoms with Crippen molar-refractivity contribution in [3.05, 3.63) is 41.6 Å². The number of carbonyl (C=O) groups is 1. The molecule has 0 N–H and O–H groups in total. The summed E-state index contributed by atoms with van der Waals surface area (Å²) in [5.41, 5.74) is 2.10. The Morgan fingerprint density at radius 1 is 1.19 bits per heavy atom. The maximum Gasteiger partial charge on any atom is 0.230 e. The first-order valence-corrected chi connectivity index (χ1v) is 9.20. The van der Waals surface area contributed by atoms with Gasteiger partial charge in [-0.15, -0.1) is 0 Å². The zero-order valence-electron chi connectivity index (χ0n) is 15.7. The topological polar surface area (TPSA) is 50.6 Å². The van der Waals surface area contributed by atoms with Crippen molar-refractivity contribution in [3.8, 4) is 5.75 Å². The normalized spacial score (nSPS) is 19.7. The highest BCUT2D eigenvalue weighted by Gasteiger charge is 2.45. The van der Waals surface area contributed by atoms with Gasteiger partial charge in [0.25, 0.3) is 0 Å². The van der Waals surface area contributed by atoms with Crippen LogP contribution in [0.5, 0.6) is 5.75 Å². The van der Waals surface area contributed by atoms with Gasteiger partial charge in [0.05, 0.1) is 24.8 Å². The molecule has 0 aliphatic carbocycles. The number of carbonyl (C=O) groups excluding carboxylic acids is 1. The lowest BCUT2D eigenvalue weighted by molar-refractivity contribution is -0.122. The molecular formula is C20H26N4O2. The number of amides is 1. The number of likely N-dealkylation sites (tertiary alicyclic amines) is 1. The first kappa shape index (κ1) is 17.1. The van der Waals surface area contributed by atoms with Gasteiger partial charge in [0.2, 0.25) is 5.91 Å². The van der Waals surface area contributed by atoms with Gasteiger partial charge in [0.15, 0.2) is 0 Å². The van der Waals surface area contributed by atoms with Crippen LogP contribution >= 0.6 is 0 Å². The van der Waals surface area contributed by atoms with Crippen molar-refractivity contribution < 1.29 is 9.53 Å². The smallest absolute Gasteiger partial charge is 0.230 e. The number of benzene rings is 1. The average Bonchev–Trinajstić information content (AvgIpc) is 3.05. The third-order valence-electron chi connectivity index (χ3n) is 5.81. The molecule has 3 heterocycles. The summed E-state index contributed by atoms with van der Waals surface area (Å²) in [5.74, 6) is 2.01. The fourth-order valence-electron chi connectivity index (χ4n) is 4.18. The van der Waals surface area contributed by atoms with Crippen LogP contribution < -0.4 is 9.64 Å². The predicted molar refractivity (Wildman–Crippen MR) is 100 cm³/mol. The summed E-state index contributed by atoms with van der Waals surface area (Å²) in [6.07, 6.45) is 2.46. The van der Waals surface area contributed by atoms with E-state index in [0.29, 0.717) is 6.42 Å². The Balaban J connectivity index is 1.48. The molecule has 2 aliphatic heterocycles. The Morgan fingerprint density at radius 3 is 2.54 bits per heavy atom. The van der Waals surface area contributed by atoms with E-state index in [1.54, 1.807) is 12.0 Å². The molecule has 1 aromatic heterocycles. The van der Waals surface area contributed by atoms with Gasteiger partial charge < -0.3 is 9.64 Å². The molecule has 4 rings (SSSR count). The molecule has 0 atom stereocenters. The van der Waals surface area contributed by atoms with E-state index in [1.807, 2.05) is 32.2 Å². The first-order valence-electron chi connectivity index (χ1n) is 9.20. The van der Waals surface area contributed by atoms with Crippen LogP contribution in [0.1, 0.15) is 30.5 Å². The van der Waals surface area contributed by atoms with Crippen LogP contribution in [-0.4, -0.2) is 47.8 Å². The van der Waals surface area contributed by atoms with Gasteiger partial charge in [-0.05, 0) is 37.5 Å². The van der Waals surface area contributed by atoms with Crippen LogP contribution in [0.4, 0.5) is 5.82 Å². The number of piperidine rings is 1. The molecule has 1 fully saturated rings. The molecule has 0 radical (unpaired) electrons. The lowest BCUT2D eigenvalue weighted by atomic mass is 9.82. The summed E-state index contributed by atoms with van der Waals surface area (Å²) in [5, 5.41) is 4.73. The molecule has 0 bridgehead atoms. The zero-order chi connectivity index (χ0) is 18.3. The van der Waals surface area contributed by atoms with Crippen molar-refractivity contribution >= 4 is 11.7 Å². The Hall–Kier alpha value is -2.34. The molecule has 1 aromatic carbocycles. The van der Waals surface area contributed by atoms with Gasteiger partial charge in [-0.3, -0.25) is 9.69 Å². The SMILES string of the molecule is COc1ccc(CN2CCC3(CC2)CC(=O)N(C)c2cc(C)nn23)cc1. The molecule has 138 valence electrons. The number of nitrogens with zero attached hydrogens (tertiary/aromatic N) is 4. The number of methoxy groups -OCH3 is 1. The van der Waals surface area contributed by atoms with Gasteiger partial charge >= 0.3 is 0 Å². The molecule has 26 heavy (non-hydrogen) atoms. The van der Waals surface area contributed by atoms with Crippen LogP contribution in [0.15, 0.2) is 30.3 Å². The number of aromatic nitrogens is 2. The third-order valence-corrected chi connectivity index (χ3v) is 5.81. The minimum Gasteiger partial charge on any atom is -0.497 e. The highest BCUT2D eigenvalue weighted by atomic mass is 16.5. The highest BCUT2D eigenvalue weighted by Crippen LogP contribution is 2.41. The van der Waals surface area contributed by atoms with Crippen LogP contribution in [-0.2, 0) is 16.9 Å². The molecule has 0 unspecified atom stereocenters. The van der Waals surface area contributed by atoms with Gasteiger partial charge in [-0.2, -0.15) is 5.10 Å². The number of aryl methyl sites for hydroxylation is 1. The molecule has 1 spiro atoms. The fraction of sp³-hybridized carbons (Fsp3) is 0.500. The number of anilines is 1. The van der Waals surface area contributed by atoms with Crippen molar-refractivity contribution in [2.45, 2.75) is 38.3 Å². The van der Waals surface area contributed by atoms with Crippen LogP contribution in [0.2, 0.25) is 0 Å². The van der Waals surface area contributed by atoms with Crippen LogP contribution in [0.3, 0.4) is 0 Å². The van der Waals surface area contributed by atoms with Crippen molar-refractivity contribution in [2.75, 3.05) is 32.1 Å². The highest BCUT2D eigenvalue weighted by molar-refractivity contribution is 5.94. The van der Waals surface area contributed by atoms with E-state index >= 15 is 0 Å². The first-order chi connectivity index (χ1) is 12.5. The monoisotopic (exact) mass is 354 g/mol. The molecule has 6 nitrogen and oxygen atoms in total. The van der Waals surface area contributed by atoms with E-state index in [1.165, 1.54) is 5.56 Å². The third kappa shape index (κ3) is 2.88. The standard InChI is InChI=1S/C20H26N4O2/c1-15-12-18-22(2)19(25)13-20(24(18)21-15)8-10-23(11-9-20)14-16-4-6-17(26-3)7-5-16/h4-7,12H,8-11,13-14H2,1-3H3. The summed E-state index contributed by atoms with van der Waals surface area (Å²) in [6, 6.07) is 10.3. The van der Waals surface area contributed by atoms with E-state index in [0.717, 1.165) is 49.7 Å². The Bertz CT molecular complexity index is 804. The van der Waals surface area contributed by atoms with Crippen molar-refractivity contribution in [1.82, 2.24) is 14.7 Å². The Morgan fingerprint density at radius 2 is 1.88 bits per heavy atom. The number of hydrogen-bond acceptors (Lipinski definition) is 4. The lowest BCUT2D eigenvalue weighted by Crippen LogP contribution is -2.53. The minimum atomic E-state index is -0.163. The largest absolute Gasteiger partial charge is 0.497 e. The van der Waals surface area contributed by atoms with Crippen molar-refractivity contribution in [2.24, 2.45) is 0 Å². The zero-order valence-corrected chi connectivity index (χ0v) is 15.7. The van der Waals surface area contributed by atoms with E-state index in [9.17, 15) is 4.79 Å².